The number of aromatic nitrogens is 3. The second-order valence-electron chi connectivity index (χ2n) is 7.08. The van der Waals surface area contributed by atoms with Crippen molar-refractivity contribution in [2.75, 3.05) is 19.6 Å². The van der Waals surface area contributed by atoms with Gasteiger partial charge < -0.3 is 10.2 Å². The van der Waals surface area contributed by atoms with Gasteiger partial charge in [0, 0.05) is 25.6 Å². The van der Waals surface area contributed by atoms with Crippen LogP contribution in [-0.4, -0.2) is 51.2 Å². The van der Waals surface area contributed by atoms with Crippen LogP contribution in [0.5, 0.6) is 0 Å². The Kier molecular flexibility index (Phi) is 6.02. The van der Waals surface area contributed by atoms with Crippen molar-refractivity contribution < 1.29 is 4.79 Å². The predicted molar refractivity (Wildman–Crippen MR) is 88.8 cm³/mol. The average Bonchev–Trinajstić information content (AvgIpc) is 3.08. The molecule has 1 aliphatic carbocycles. The summed E-state index contributed by atoms with van der Waals surface area (Å²) in [6.45, 7) is 4.04. The Bertz CT molecular complexity index is 469. The van der Waals surface area contributed by atoms with Crippen molar-refractivity contribution in [1.82, 2.24) is 25.0 Å². The summed E-state index contributed by atoms with van der Waals surface area (Å²) in [7, 11) is 0. The van der Waals surface area contributed by atoms with E-state index in [1.807, 2.05) is 0 Å². The Balaban J connectivity index is 1.38. The van der Waals surface area contributed by atoms with E-state index < -0.39 is 0 Å². The van der Waals surface area contributed by atoms with Gasteiger partial charge in [-0.3, -0.25) is 9.48 Å². The average molecular weight is 319 g/mol. The number of hydrogen-bond donors (Lipinski definition) is 1. The fourth-order valence-electron chi connectivity index (χ4n) is 3.94. The zero-order valence-corrected chi connectivity index (χ0v) is 14.0. The van der Waals surface area contributed by atoms with Crippen molar-refractivity contribution in [1.29, 1.82) is 0 Å². The molecule has 2 aliphatic rings. The number of nitrogens with one attached hydrogen (secondary N) is 1. The number of carbonyl (C=O) groups excluding carboxylic acids is 1. The summed E-state index contributed by atoms with van der Waals surface area (Å²) in [5.74, 6) is 1.01. The quantitative estimate of drug-likeness (QED) is 0.869. The van der Waals surface area contributed by atoms with Crippen LogP contribution in [0, 0.1) is 5.92 Å². The molecule has 2 fully saturated rings. The van der Waals surface area contributed by atoms with Gasteiger partial charge in [-0.05, 0) is 38.1 Å². The topological polar surface area (TPSA) is 63.1 Å². The lowest BCUT2D eigenvalue weighted by atomic mass is 9.88. The molecule has 1 saturated heterocycles. The summed E-state index contributed by atoms with van der Waals surface area (Å²) in [5, 5.41) is 7.24. The molecule has 128 valence electrons. The number of hydrogen-bond acceptors (Lipinski definition) is 4. The van der Waals surface area contributed by atoms with Crippen LogP contribution in [-0.2, 0) is 11.3 Å². The van der Waals surface area contributed by atoms with Gasteiger partial charge in [0.15, 0.2) is 0 Å². The van der Waals surface area contributed by atoms with Crippen molar-refractivity contribution in [2.45, 2.75) is 64.0 Å². The molecule has 1 saturated carbocycles. The van der Waals surface area contributed by atoms with Gasteiger partial charge in [0.2, 0.25) is 5.91 Å². The SMILES string of the molecule is O=C(CCn1cncn1)NC1CCCN(CC2CCCCC2)C1. The molecule has 1 aromatic heterocycles. The summed E-state index contributed by atoms with van der Waals surface area (Å²) in [5.41, 5.74) is 0. The van der Waals surface area contributed by atoms with Crippen molar-refractivity contribution in [2.24, 2.45) is 5.92 Å². The summed E-state index contributed by atoms with van der Waals surface area (Å²) >= 11 is 0. The van der Waals surface area contributed by atoms with Crippen molar-refractivity contribution in [3.63, 3.8) is 0 Å². The Hall–Kier alpha value is -1.43. The number of likely N-dealkylation sites (tertiary alicyclic amines) is 1. The molecule has 1 unspecified atom stereocenters. The third-order valence-corrected chi connectivity index (χ3v) is 5.15. The molecule has 1 atom stereocenters. The lowest BCUT2D eigenvalue weighted by Crippen LogP contribution is -2.49. The molecule has 3 rings (SSSR count). The highest BCUT2D eigenvalue weighted by molar-refractivity contribution is 5.76. The number of piperidine rings is 1. The minimum atomic E-state index is 0.130. The molecule has 1 amide bonds. The molecule has 6 heteroatoms. The Morgan fingerprint density at radius 2 is 2.04 bits per heavy atom. The van der Waals surface area contributed by atoms with Crippen LogP contribution in [0.3, 0.4) is 0 Å². The van der Waals surface area contributed by atoms with Crippen molar-refractivity contribution in [3.05, 3.63) is 12.7 Å². The smallest absolute Gasteiger partial charge is 0.222 e. The molecule has 0 spiro atoms. The predicted octanol–water partition coefficient (Wildman–Crippen LogP) is 1.83. The molecule has 1 N–H and O–H groups in total. The van der Waals surface area contributed by atoms with Crippen molar-refractivity contribution >= 4 is 5.91 Å². The minimum Gasteiger partial charge on any atom is -0.352 e. The minimum absolute atomic E-state index is 0.130. The first-order valence-corrected chi connectivity index (χ1v) is 9.14. The van der Waals surface area contributed by atoms with E-state index in [1.165, 1.54) is 57.9 Å². The van der Waals surface area contributed by atoms with Gasteiger partial charge in [0.05, 0.1) is 6.54 Å². The molecular formula is C17H29N5O. The number of nitrogens with zero attached hydrogens (tertiary/aromatic N) is 4. The number of aryl methyl sites for hydroxylation is 1. The molecule has 2 heterocycles. The number of carbonyl (C=O) groups is 1. The van der Waals surface area contributed by atoms with Gasteiger partial charge in [-0.1, -0.05) is 19.3 Å². The first-order chi connectivity index (χ1) is 11.3. The monoisotopic (exact) mass is 319 g/mol. The van der Waals surface area contributed by atoms with E-state index in [0.29, 0.717) is 19.0 Å². The fraction of sp³-hybridized carbons (Fsp3) is 0.824. The molecule has 0 bridgehead atoms. The number of amides is 1. The molecule has 0 aromatic carbocycles. The maximum absolute atomic E-state index is 12.1. The largest absolute Gasteiger partial charge is 0.352 e. The normalized spacial score (nSPS) is 23.7. The third kappa shape index (κ3) is 5.30. The Morgan fingerprint density at radius 1 is 1.17 bits per heavy atom. The van der Waals surface area contributed by atoms with E-state index >= 15 is 0 Å². The lowest BCUT2D eigenvalue weighted by Gasteiger charge is -2.36. The van der Waals surface area contributed by atoms with Gasteiger partial charge in [-0.2, -0.15) is 5.10 Å². The van der Waals surface area contributed by atoms with E-state index in [0.717, 1.165) is 18.9 Å². The summed E-state index contributed by atoms with van der Waals surface area (Å²) in [6.07, 6.45) is 12.9. The summed E-state index contributed by atoms with van der Waals surface area (Å²) < 4.78 is 1.70. The van der Waals surface area contributed by atoms with Crippen LogP contribution < -0.4 is 5.32 Å². The molecular weight excluding hydrogens is 290 g/mol. The maximum Gasteiger partial charge on any atom is 0.222 e. The standard InChI is InChI=1S/C17H29N5O/c23-17(8-10-22-14-18-13-19-22)20-16-7-4-9-21(12-16)11-15-5-2-1-3-6-15/h13-16H,1-12H2,(H,20,23). The first kappa shape index (κ1) is 16.4. The fourth-order valence-corrected chi connectivity index (χ4v) is 3.94. The first-order valence-electron chi connectivity index (χ1n) is 9.14. The van der Waals surface area contributed by atoms with E-state index in [2.05, 4.69) is 20.3 Å². The zero-order valence-electron chi connectivity index (χ0n) is 14.0. The van der Waals surface area contributed by atoms with Crippen LogP contribution in [0.4, 0.5) is 0 Å². The number of rotatable bonds is 6. The second kappa shape index (κ2) is 8.43. The van der Waals surface area contributed by atoms with Gasteiger partial charge in [-0.15, -0.1) is 0 Å². The van der Waals surface area contributed by atoms with Gasteiger partial charge in [-0.25, -0.2) is 4.98 Å². The lowest BCUT2D eigenvalue weighted by molar-refractivity contribution is -0.122. The van der Waals surface area contributed by atoms with Crippen molar-refractivity contribution in [3.8, 4) is 0 Å². The van der Waals surface area contributed by atoms with E-state index in [-0.39, 0.29) is 5.91 Å². The van der Waals surface area contributed by atoms with Gasteiger partial charge >= 0.3 is 0 Å². The third-order valence-electron chi connectivity index (χ3n) is 5.15. The van der Waals surface area contributed by atoms with Crippen LogP contribution in [0.25, 0.3) is 0 Å². The molecule has 1 aromatic rings. The second-order valence-corrected chi connectivity index (χ2v) is 7.08. The van der Waals surface area contributed by atoms with Crippen LogP contribution in [0.1, 0.15) is 51.4 Å². The Labute approximate surface area is 138 Å². The van der Waals surface area contributed by atoms with Crippen LogP contribution in [0.2, 0.25) is 0 Å². The highest BCUT2D eigenvalue weighted by atomic mass is 16.1. The highest BCUT2D eigenvalue weighted by Crippen LogP contribution is 2.25. The summed E-state index contributed by atoms with van der Waals surface area (Å²) in [4.78, 5) is 18.6. The van der Waals surface area contributed by atoms with E-state index in [4.69, 9.17) is 0 Å². The highest BCUT2D eigenvalue weighted by Gasteiger charge is 2.24. The van der Waals surface area contributed by atoms with Crippen LogP contribution in [0.15, 0.2) is 12.7 Å². The van der Waals surface area contributed by atoms with E-state index in [1.54, 1.807) is 11.0 Å². The molecule has 6 nitrogen and oxygen atoms in total. The molecule has 1 aliphatic heterocycles. The molecule has 23 heavy (non-hydrogen) atoms. The van der Waals surface area contributed by atoms with E-state index in [9.17, 15) is 4.79 Å². The Morgan fingerprint density at radius 3 is 2.83 bits per heavy atom. The molecule has 0 radical (unpaired) electrons. The maximum atomic E-state index is 12.1. The van der Waals surface area contributed by atoms with Gasteiger partial charge in [0.1, 0.15) is 12.7 Å². The van der Waals surface area contributed by atoms with Gasteiger partial charge in [0.25, 0.3) is 0 Å². The van der Waals surface area contributed by atoms with Crippen LogP contribution >= 0.6 is 0 Å². The zero-order chi connectivity index (χ0) is 15.9. The summed E-state index contributed by atoms with van der Waals surface area (Å²) in [6, 6.07) is 0.315.